The third kappa shape index (κ3) is 2.20. The summed E-state index contributed by atoms with van der Waals surface area (Å²) in [5.74, 6) is -1.11. The number of carbonyl (C=O) groups is 1. The van der Waals surface area contributed by atoms with E-state index in [0.717, 1.165) is 15.6 Å². The summed E-state index contributed by atoms with van der Waals surface area (Å²) >= 11 is 6.79. The molecule has 0 bridgehead atoms. The number of carboxylic acids is 1. The third-order valence-electron chi connectivity index (χ3n) is 2.62. The molecule has 5 nitrogen and oxygen atoms in total. The quantitative estimate of drug-likeness (QED) is 0.920. The molecule has 1 N–H and O–H groups in total. The first kappa shape index (κ1) is 12.8. The largest absolute Gasteiger partial charge is 0.480 e. The standard InChI is InChI=1S/C9H10ClNO4S2/c10-6-3-5-16-9(6)17(14,15)11-4-1-2-7(11)8(12)13/h3,5,7H,1-2,4H2,(H,12,13)/t7-/m1/s1. The molecule has 0 unspecified atom stereocenters. The molecule has 1 aromatic rings. The Bertz CT molecular complexity index is 539. The van der Waals surface area contributed by atoms with Crippen molar-refractivity contribution in [3.63, 3.8) is 0 Å². The van der Waals surface area contributed by atoms with Crippen LogP contribution in [0.3, 0.4) is 0 Å². The van der Waals surface area contributed by atoms with Crippen molar-refractivity contribution in [2.45, 2.75) is 23.1 Å². The number of hydrogen-bond acceptors (Lipinski definition) is 4. The van der Waals surface area contributed by atoms with Crippen molar-refractivity contribution in [2.24, 2.45) is 0 Å². The first-order valence-electron chi connectivity index (χ1n) is 4.92. The number of thiophene rings is 1. The van der Waals surface area contributed by atoms with Crippen molar-refractivity contribution in [2.75, 3.05) is 6.54 Å². The zero-order valence-electron chi connectivity index (χ0n) is 8.67. The van der Waals surface area contributed by atoms with E-state index in [2.05, 4.69) is 0 Å². The van der Waals surface area contributed by atoms with Crippen LogP contribution in [0.1, 0.15) is 12.8 Å². The van der Waals surface area contributed by atoms with Gasteiger partial charge in [0.05, 0.1) is 5.02 Å². The molecule has 17 heavy (non-hydrogen) atoms. The number of carboxylic acid groups (broad SMARTS) is 1. The van der Waals surface area contributed by atoms with Crippen LogP contribution in [0, 0.1) is 0 Å². The van der Waals surface area contributed by atoms with Gasteiger partial charge in [-0.15, -0.1) is 11.3 Å². The Morgan fingerprint density at radius 1 is 1.59 bits per heavy atom. The van der Waals surface area contributed by atoms with Gasteiger partial charge < -0.3 is 5.11 Å². The molecule has 2 rings (SSSR count). The van der Waals surface area contributed by atoms with Crippen LogP contribution in [-0.4, -0.2) is 36.4 Å². The van der Waals surface area contributed by atoms with E-state index in [9.17, 15) is 13.2 Å². The van der Waals surface area contributed by atoms with Gasteiger partial charge in [-0.25, -0.2) is 8.42 Å². The minimum absolute atomic E-state index is 0.0207. The molecule has 0 spiro atoms. The van der Waals surface area contributed by atoms with E-state index in [1.807, 2.05) is 0 Å². The molecule has 0 amide bonds. The smallest absolute Gasteiger partial charge is 0.322 e. The Balaban J connectivity index is 2.40. The summed E-state index contributed by atoms with van der Waals surface area (Å²) in [5.41, 5.74) is 0. The highest BCUT2D eigenvalue weighted by atomic mass is 35.5. The van der Waals surface area contributed by atoms with Crippen LogP contribution in [0.5, 0.6) is 0 Å². The number of rotatable bonds is 3. The second-order valence-corrected chi connectivity index (χ2v) is 7.08. The van der Waals surface area contributed by atoms with Gasteiger partial charge in [-0.2, -0.15) is 4.31 Å². The molecule has 1 saturated heterocycles. The number of sulfonamides is 1. The second-order valence-electron chi connectivity index (χ2n) is 3.67. The van der Waals surface area contributed by atoms with Crippen LogP contribution in [-0.2, 0) is 14.8 Å². The highest BCUT2D eigenvalue weighted by Gasteiger charge is 2.40. The summed E-state index contributed by atoms with van der Waals surface area (Å²) in [5, 5.41) is 10.7. The monoisotopic (exact) mass is 295 g/mol. The molecule has 0 saturated carbocycles. The van der Waals surface area contributed by atoms with Crippen LogP contribution >= 0.6 is 22.9 Å². The Kier molecular flexibility index (Phi) is 3.44. The lowest BCUT2D eigenvalue weighted by Crippen LogP contribution is -2.40. The molecule has 2 heterocycles. The number of halogens is 1. The molecule has 0 radical (unpaired) electrons. The molecule has 1 aromatic heterocycles. The molecule has 1 fully saturated rings. The molecule has 1 aliphatic rings. The number of hydrogen-bond donors (Lipinski definition) is 1. The van der Waals surface area contributed by atoms with Crippen LogP contribution in [0.2, 0.25) is 5.02 Å². The SMILES string of the molecule is O=C(O)[C@H]1CCCN1S(=O)(=O)c1sccc1Cl. The third-order valence-corrected chi connectivity index (χ3v) is 6.52. The first-order chi connectivity index (χ1) is 7.94. The summed E-state index contributed by atoms with van der Waals surface area (Å²) in [4.78, 5) is 11.0. The maximum atomic E-state index is 12.2. The Morgan fingerprint density at radius 3 is 2.82 bits per heavy atom. The van der Waals surface area contributed by atoms with Gasteiger partial charge in [0.15, 0.2) is 4.21 Å². The summed E-state index contributed by atoms with van der Waals surface area (Å²) in [6, 6.07) is 0.517. The van der Waals surface area contributed by atoms with Gasteiger partial charge in [-0.05, 0) is 24.3 Å². The van der Waals surface area contributed by atoms with Gasteiger partial charge in [0.25, 0.3) is 10.0 Å². The minimum atomic E-state index is -3.78. The molecule has 1 atom stereocenters. The predicted molar refractivity (Wildman–Crippen MR) is 63.9 cm³/mol. The fraction of sp³-hybridized carbons (Fsp3) is 0.444. The van der Waals surface area contributed by atoms with Crippen LogP contribution < -0.4 is 0 Å². The number of nitrogens with zero attached hydrogens (tertiary/aromatic N) is 1. The molecule has 94 valence electrons. The van der Waals surface area contributed by atoms with Gasteiger partial charge in [0.2, 0.25) is 0 Å². The molecular weight excluding hydrogens is 286 g/mol. The van der Waals surface area contributed by atoms with Crippen molar-refractivity contribution in [1.82, 2.24) is 4.31 Å². The maximum Gasteiger partial charge on any atom is 0.322 e. The normalized spacial score (nSPS) is 21.8. The molecule has 1 aliphatic heterocycles. The maximum absolute atomic E-state index is 12.2. The average molecular weight is 296 g/mol. The van der Waals surface area contributed by atoms with Gasteiger partial charge in [-0.3, -0.25) is 4.79 Å². The lowest BCUT2D eigenvalue weighted by Gasteiger charge is -2.20. The van der Waals surface area contributed by atoms with Crippen molar-refractivity contribution in [3.8, 4) is 0 Å². The Morgan fingerprint density at radius 2 is 2.29 bits per heavy atom. The van der Waals surface area contributed by atoms with E-state index < -0.39 is 22.0 Å². The highest BCUT2D eigenvalue weighted by molar-refractivity contribution is 7.91. The Labute approximate surface area is 108 Å². The van der Waals surface area contributed by atoms with E-state index in [4.69, 9.17) is 16.7 Å². The zero-order chi connectivity index (χ0) is 12.6. The van der Waals surface area contributed by atoms with E-state index in [0.29, 0.717) is 12.8 Å². The fourth-order valence-corrected chi connectivity index (χ4v) is 5.29. The second kappa shape index (κ2) is 4.56. The zero-order valence-corrected chi connectivity index (χ0v) is 11.1. The topological polar surface area (TPSA) is 74.7 Å². The van der Waals surface area contributed by atoms with Gasteiger partial charge in [0.1, 0.15) is 6.04 Å². The van der Waals surface area contributed by atoms with Crippen LogP contribution in [0.15, 0.2) is 15.7 Å². The molecule has 0 aromatic carbocycles. The van der Waals surface area contributed by atoms with Gasteiger partial charge in [0, 0.05) is 6.54 Å². The van der Waals surface area contributed by atoms with Crippen molar-refractivity contribution >= 4 is 38.9 Å². The van der Waals surface area contributed by atoms with E-state index in [1.165, 1.54) is 6.07 Å². The van der Waals surface area contributed by atoms with Crippen molar-refractivity contribution in [1.29, 1.82) is 0 Å². The fourth-order valence-electron chi connectivity index (χ4n) is 1.85. The first-order valence-corrected chi connectivity index (χ1v) is 7.62. The summed E-state index contributed by atoms with van der Waals surface area (Å²) in [6.07, 6.45) is 0.900. The van der Waals surface area contributed by atoms with Crippen molar-refractivity contribution in [3.05, 3.63) is 16.5 Å². The van der Waals surface area contributed by atoms with E-state index >= 15 is 0 Å². The summed E-state index contributed by atoms with van der Waals surface area (Å²) < 4.78 is 25.5. The summed E-state index contributed by atoms with van der Waals surface area (Å²) in [7, 11) is -3.78. The Hall–Kier alpha value is -0.630. The average Bonchev–Trinajstić information content (AvgIpc) is 2.84. The van der Waals surface area contributed by atoms with E-state index in [-0.39, 0.29) is 15.8 Å². The predicted octanol–water partition coefficient (Wildman–Crippen LogP) is 1.64. The van der Waals surface area contributed by atoms with Gasteiger partial charge in [-0.1, -0.05) is 11.6 Å². The lowest BCUT2D eigenvalue weighted by molar-refractivity contribution is -0.140. The van der Waals surface area contributed by atoms with Crippen LogP contribution in [0.25, 0.3) is 0 Å². The van der Waals surface area contributed by atoms with Crippen LogP contribution in [0.4, 0.5) is 0 Å². The summed E-state index contributed by atoms with van der Waals surface area (Å²) in [6.45, 7) is 0.230. The molecule has 8 heteroatoms. The highest BCUT2D eigenvalue weighted by Crippen LogP contribution is 2.33. The van der Waals surface area contributed by atoms with Crippen molar-refractivity contribution < 1.29 is 18.3 Å². The molecule has 0 aliphatic carbocycles. The lowest BCUT2D eigenvalue weighted by atomic mass is 10.2. The van der Waals surface area contributed by atoms with Gasteiger partial charge >= 0.3 is 5.97 Å². The molecular formula is C9H10ClNO4S2. The number of aliphatic carboxylic acids is 1. The minimum Gasteiger partial charge on any atom is -0.480 e. The van der Waals surface area contributed by atoms with E-state index in [1.54, 1.807) is 5.38 Å².